The van der Waals surface area contributed by atoms with Gasteiger partial charge in [0.25, 0.3) is 0 Å². The first-order valence-corrected chi connectivity index (χ1v) is 3.44. The van der Waals surface area contributed by atoms with Crippen molar-refractivity contribution in [2.75, 3.05) is 0 Å². The first kappa shape index (κ1) is 11.0. The average molecular weight is 253 g/mol. The fraction of sp³-hybridized carbons (Fsp3) is 0. The fourth-order valence-corrected chi connectivity index (χ4v) is 0. The average Bonchev–Trinajstić information content (AvgIpc) is 0.722. The van der Waals surface area contributed by atoms with E-state index in [9.17, 15) is 0 Å². The van der Waals surface area contributed by atoms with Crippen LogP contribution in [-0.2, 0) is 11.8 Å². The van der Waals surface area contributed by atoms with Gasteiger partial charge in [0.05, 0.1) is 0 Å². The molecule has 6 heteroatoms. The minimum atomic E-state index is -3.81. The van der Waals surface area contributed by atoms with Crippen molar-refractivity contribution in [2.45, 2.75) is 0 Å². The molecule has 0 amide bonds. The molecule has 0 atom stereocenters. The van der Waals surface area contributed by atoms with Crippen molar-refractivity contribution in [3.63, 3.8) is 0 Å². The Morgan fingerprint density at radius 1 is 1.17 bits per heavy atom. The van der Waals surface area contributed by atoms with Crippen LogP contribution in [0.3, 0.4) is 0 Å². The second kappa shape index (κ2) is 4.03. The van der Waals surface area contributed by atoms with Crippen LogP contribution in [0.5, 0.6) is 0 Å². The van der Waals surface area contributed by atoms with E-state index in [4.69, 9.17) is 14.7 Å². The third-order valence-corrected chi connectivity index (χ3v) is 0. The summed E-state index contributed by atoms with van der Waals surface area (Å²) in [5.74, 6) is 0. The van der Waals surface area contributed by atoms with Gasteiger partial charge in [-0.15, -0.1) is 0 Å². The number of rotatable bonds is 0. The van der Waals surface area contributed by atoms with Gasteiger partial charge in [-0.05, 0) is 11.8 Å². The van der Waals surface area contributed by atoms with Crippen LogP contribution in [0.1, 0.15) is 0 Å². The Bertz CT molecular complexity index is 56.9. The molecule has 3 N–H and O–H groups in total. The summed E-state index contributed by atoms with van der Waals surface area (Å²) in [5, 5.41) is 0. The van der Waals surface area contributed by atoms with Gasteiger partial charge in [-0.2, -0.15) is 0 Å². The molecule has 3 nitrogen and oxygen atoms in total. The Hall–Kier alpha value is 2.10. The molecule has 0 rings (SSSR count). The Labute approximate surface area is 80.7 Å². The van der Waals surface area contributed by atoms with Gasteiger partial charge in [0, 0.05) is 0 Å². The van der Waals surface area contributed by atoms with Gasteiger partial charge >= 0.3 is 55.6 Å². The molecule has 0 spiro atoms. The molecule has 0 radical (unpaired) electrons. The van der Waals surface area contributed by atoms with Crippen molar-refractivity contribution in [3.8, 4) is 0 Å². The summed E-state index contributed by atoms with van der Waals surface area (Å²) in [6, 6.07) is 0. The molecule has 0 aliphatic carbocycles. The van der Waals surface area contributed by atoms with E-state index < -0.39 is 6.72 Å². The predicted molar refractivity (Wildman–Crippen MR) is 29.5 cm³/mol. The Morgan fingerprint density at radius 3 is 1.17 bits per heavy atom. The van der Waals surface area contributed by atoms with Crippen molar-refractivity contribution in [2.24, 2.45) is 0 Å². The Morgan fingerprint density at radius 2 is 1.17 bits per heavy atom. The first-order chi connectivity index (χ1) is 2.00. The monoisotopic (exact) mass is 254 g/mol. The van der Waals surface area contributed by atoms with E-state index in [1.54, 1.807) is 0 Å². The first-order valence-electron chi connectivity index (χ1n) is 0.783. The topological polar surface area (TPSA) is 60.7 Å². The molecule has 0 aromatic carbocycles. The molecule has 0 heterocycles. The van der Waals surface area contributed by atoms with E-state index in [0.717, 1.165) is 0 Å². The predicted octanol–water partition coefficient (Wildman–Crippen LogP) is -1.73. The second-order valence-electron chi connectivity index (χ2n) is 0.513. The second-order valence-corrected chi connectivity index (χ2v) is 3.01. The molecule has 0 saturated carbocycles. The summed E-state index contributed by atoms with van der Waals surface area (Å²) >= 11 is 3.60. The van der Waals surface area contributed by atoms with Gasteiger partial charge in [0.15, 0.2) is 0 Å². The van der Waals surface area contributed by atoms with Crippen molar-refractivity contribution < 1.29 is 14.7 Å². The van der Waals surface area contributed by atoms with E-state index in [1.165, 1.54) is 0 Å². The SMILES string of the molecule is OP(O)(O)=S.[BaH2]. The van der Waals surface area contributed by atoms with Gasteiger partial charge in [0.2, 0.25) is 0 Å². The van der Waals surface area contributed by atoms with Crippen LogP contribution in [0, 0.1) is 0 Å². The van der Waals surface area contributed by atoms with Gasteiger partial charge in [0.1, 0.15) is 0 Å². The fourth-order valence-electron chi connectivity index (χ4n) is 0. The molecular weight excluding hydrogens is 248 g/mol. The van der Waals surface area contributed by atoms with Crippen LogP contribution in [0.15, 0.2) is 0 Å². The molecule has 0 bridgehead atoms. The van der Waals surface area contributed by atoms with Crippen LogP contribution < -0.4 is 0 Å². The molecule has 0 aromatic heterocycles. The van der Waals surface area contributed by atoms with Crippen LogP contribution in [0.2, 0.25) is 0 Å². The standard InChI is InChI=1S/Ba.H3O3PS.2H/c;1-4(2,3)5;;/h;(H3,1,2,3,5);;. The minimum absolute atomic E-state index is 0. The Kier molecular flexibility index (Phi) is 7.37. The van der Waals surface area contributed by atoms with Crippen LogP contribution in [-0.4, -0.2) is 63.6 Å². The van der Waals surface area contributed by atoms with Crippen molar-refractivity contribution in [1.82, 2.24) is 0 Å². The maximum atomic E-state index is 7.56. The molecule has 0 aliphatic rings. The molecule has 0 aliphatic heterocycles. The zero-order chi connectivity index (χ0) is 4.50. The number of hydrogen-bond donors (Lipinski definition) is 3. The third kappa shape index (κ3) is 36.0. The van der Waals surface area contributed by atoms with Gasteiger partial charge < -0.3 is 14.7 Å². The van der Waals surface area contributed by atoms with E-state index in [2.05, 4.69) is 11.8 Å². The molecule has 36 valence electrons. The van der Waals surface area contributed by atoms with Gasteiger partial charge in [-0.3, -0.25) is 0 Å². The third-order valence-electron chi connectivity index (χ3n) is 0. The maximum absolute atomic E-state index is 7.56. The van der Waals surface area contributed by atoms with E-state index in [-0.39, 0.29) is 48.9 Å². The zero-order valence-electron chi connectivity index (χ0n) is 2.20. The number of hydrogen-bond acceptors (Lipinski definition) is 1. The summed E-state index contributed by atoms with van der Waals surface area (Å²) in [5.41, 5.74) is 0. The molecule has 0 unspecified atom stereocenters. The summed E-state index contributed by atoms with van der Waals surface area (Å²) < 4.78 is 0. The zero-order valence-corrected chi connectivity index (χ0v) is 3.91. The summed E-state index contributed by atoms with van der Waals surface area (Å²) in [7, 11) is 0. The van der Waals surface area contributed by atoms with Crippen LogP contribution in [0.25, 0.3) is 0 Å². The van der Waals surface area contributed by atoms with Crippen LogP contribution >= 0.6 is 6.72 Å². The van der Waals surface area contributed by atoms with Crippen LogP contribution in [0.4, 0.5) is 0 Å². The van der Waals surface area contributed by atoms with Crippen molar-refractivity contribution in [3.05, 3.63) is 0 Å². The van der Waals surface area contributed by atoms with Crippen molar-refractivity contribution >= 4 is 67.4 Å². The molecule has 0 aromatic rings. The van der Waals surface area contributed by atoms with Gasteiger partial charge in [-0.25, -0.2) is 0 Å². The normalized spacial score (nSPS) is 9.83. The van der Waals surface area contributed by atoms with E-state index in [0.29, 0.717) is 0 Å². The summed E-state index contributed by atoms with van der Waals surface area (Å²) in [6.07, 6.45) is 0. The molecule has 6 heavy (non-hydrogen) atoms. The summed E-state index contributed by atoms with van der Waals surface area (Å²) in [4.78, 5) is 22.7. The quantitative estimate of drug-likeness (QED) is 0.355. The Balaban J connectivity index is 0. The van der Waals surface area contributed by atoms with Crippen molar-refractivity contribution in [1.29, 1.82) is 0 Å². The van der Waals surface area contributed by atoms with E-state index >= 15 is 0 Å². The van der Waals surface area contributed by atoms with Gasteiger partial charge in [-0.1, -0.05) is 0 Å². The summed E-state index contributed by atoms with van der Waals surface area (Å²) in [6.45, 7) is -3.81. The molecule has 0 fully saturated rings. The molecular formula is H5BaO3PS. The molecule has 0 saturated heterocycles. The van der Waals surface area contributed by atoms with E-state index in [1.807, 2.05) is 0 Å².